The van der Waals surface area contributed by atoms with Crippen LogP contribution in [-0.4, -0.2) is 72.9 Å². The molecule has 0 heterocycles. The molecule has 0 aliphatic heterocycles. The Kier molecular flexibility index (Phi) is 57.0. The fourth-order valence-corrected chi connectivity index (χ4v) is 13.3. The largest absolute Gasteiger partial charge is 0.295 e. The van der Waals surface area contributed by atoms with E-state index in [4.69, 9.17) is 21.0 Å². The highest BCUT2D eigenvalue weighted by Crippen LogP contribution is 2.39. The summed E-state index contributed by atoms with van der Waals surface area (Å²) in [5, 5.41) is 47.6. The molecule has 0 aliphatic carbocycles. The number of hydrogen-bond acceptors (Lipinski definition) is 24. The van der Waals surface area contributed by atoms with Crippen molar-refractivity contribution in [2.75, 3.05) is 0 Å². The molecular weight excluding hydrogens is 1510 g/mol. The lowest BCUT2D eigenvalue weighted by Crippen LogP contribution is -2.04. The molecule has 0 spiro atoms. The van der Waals surface area contributed by atoms with Crippen molar-refractivity contribution in [1.82, 2.24) is 0 Å². The molecule has 8 rings (SSSR count). The monoisotopic (exact) mass is 1610 g/mol. The molecule has 0 atom stereocenters. The topological polar surface area (TPSA) is 372 Å². The highest BCUT2D eigenvalue weighted by molar-refractivity contribution is 7.95. The molecule has 0 aromatic heterocycles. The van der Waals surface area contributed by atoms with Gasteiger partial charge in [-0.15, -0.1) is 17.3 Å². The third kappa shape index (κ3) is 36.7. The summed E-state index contributed by atoms with van der Waals surface area (Å²) in [5.41, 5.74) is 10.4. The van der Waals surface area contributed by atoms with Crippen LogP contribution in [0.1, 0.15) is 155 Å². The summed E-state index contributed by atoms with van der Waals surface area (Å²) in [4.78, 5) is 1.85. The average molecular weight is 1610 g/mol. The third-order valence-electron chi connectivity index (χ3n) is 12.3. The van der Waals surface area contributed by atoms with Gasteiger partial charge in [-0.25, -0.2) is 21.0 Å². The molecule has 0 amide bonds. The van der Waals surface area contributed by atoms with E-state index in [1.165, 1.54) is 49.4 Å². The van der Waals surface area contributed by atoms with Crippen LogP contribution in [0.15, 0.2) is 185 Å². The van der Waals surface area contributed by atoms with Crippen LogP contribution in [0.2, 0.25) is 0 Å². The minimum absolute atomic E-state index is 0.130. The van der Waals surface area contributed by atoms with Gasteiger partial charge in [0.1, 0.15) is 9.79 Å². The van der Waals surface area contributed by atoms with Gasteiger partial charge >= 0.3 is 0 Å². The van der Waals surface area contributed by atoms with E-state index in [9.17, 15) is 51.9 Å². The molecular formula is C72H104O24S8. The van der Waals surface area contributed by atoms with Gasteiger partial charge in [-0.1, -0.05) is 228 Å². The van der Waals surface area contributed by atoms with E-state index in [2.05, 4.69) is 37.5 Å². The molecule has 8 aromatic carbocycles. The Bertz CT molecular complexity index is 4230. The zero-order valence-corrected chi connectivity index (χ0v) is 69.8. The van der Waals surface area contributed by atoms with Crippen LogP contribution in [0, 0.1) is 55.4 Å². The predicted molar refractivity (Wildman–Crippen MR) is 418 cm³/mol. The minimum Gasteiger partial charge on any atom is -0.282 e. The van der Waals surface area contributed by atoms with E-state index in [1.54, 1.807) is 75.4 Å². The predicted octanol–water partition coefficient (Wildman–Crippen LogP) is 22.8. The fraction of sp³-hybridized carbons (Fsp3) is 0.333. The first kappa shape index (κ1) is 105. The van der Waals surface area contributed by atoms with Crippen molar-refractivity contribution in [3.63, 3.8) is 0 Å². The second-order valence-corrected chi connectivity index (χ2v) is 27.3. The molecule has 0 aliphatic rings. The molecule has 8 N–H and O–H groups in total. The summed E-state index contributed by atoms with van der Waals surface area (Å²) in [5.74, 6) is 0. The smallest absolute Gasteiger partial charge is 0.282 e. The van der Waals surface area contributed by atoms with Gasteiger partial charge < -0.3 is 0 Å². The SMILES string of the molecule is CC.CC.CC.CC.CC.CC.CC.CC.Cc1ccc(-c2ccc(C)c(S(=O)(=O)O)c2)c(S(=O)(=O)O)c1.Cc1ccc(-c2ccc(C)c(S(=O)(=O)O)c2)cc1SOOO.Cc1ccc(-c2ccc(C)c(SOOO)c2)c(SOOO)c1.Cc1ccc(-c2ccc(C)cc2S(=O)(=O)O)c(SOOO)c1. The Balaban J connectivity index is -0.000000600. The molecule has 24 nitrogen and oxygen atoms in total. The molecule has 0 saturated heterocycles. The van der Waals surface area contributed by atoms with Gasteiger partial charge in [-0.3, -0.25) is 18.2 Å². The van der Waals surface area contributed by atoms with Crippen LogP contribution in [0.4, 0.5) is 0 Å². The van der Waals surface area contributed by atoms with Crippen LogP contribution < -0.4 is 0 Å². The molecule has 0 unspecified atom stereocenters. The Morgan fingerprint density at radius 1 is 0.240 bits per heavy atom. The Labute approximate surface area is 634 Å². The summed E-state index contributed by atoms with van der Waals surface area (Å²) >= 11 is 3.38. The van der Waals surface area contributed by atoms with Crippen LogP contribution >= 0.6 is 48.2 Å². The number of hydrogen-bond donors (Lipinski definition) is 8. The standard InChI is InChI=1S/4C14H14O6S2.8C2H6/c1-9-3-6-12(14(7-9)22(18,19)20)11-5-4-10(2)13(8-11)21(15,16)17;1-9-3-6-12(14(7-9)22-20-18-16)11-5-4-10(2)13(8-11)21-19-17-15;1-9-3-5-11(7-13(9)21-20-19-15)12-6-4-10(2)14(8-12)22(16,17)18;1-9-3-5-11(13(7-9)21-20-19-15)12-6-4-10(2)8-14(12)22(16,17)18;8*1-2/h3-8H,1-2H3,(H,15,16,17)(H,18,19,20);3-8,15-16H,1-2H3;2*3-8,15H,1-2H3,(H,16,17,18);8*1-2H3. The molecule has 584 valence electrons. The quantitative estimate of drug-likeness (QED) is 0.0152. The number of benzene rings is 8. The van der Waals surface area contributed by atoms with Crippen LogP contribution in [0.5, 0.6) is 0 Å². The van der Waals surface area contributed by atoms with Gasteiger partial charge in [-0.05, 0) is 182 Å². The van der Waals surface area contributed by atoms with Gasteiger partial charge in [0.15, 0.2) is 0 Å². The second kappa shape index (κ2) is 56.6. The molecule has 104 heavy (non-hydrogen) atoms. The van der Waals surface area contributed by atoms with Crippen molar-refractivity contribution < 1.29 is 110 Å². The van der Waals surface area contributed by atoms with Gasteiger partial charge in [-0.2, -0.15) is 33.7 Å². The summed E-state index contributed by atoms with van der Waals surface area (Å²) < 4.78 is 147. The summed E-state index contributed by atoms with van der Waals surface area (Å²) in [6, 6.07) is 40.3. The Hall–Kier alpha value is -5.68. The minimum atomic E-state index is -4.47. The first-order chi connectivity index (χ1) is 49.3. The number of rotatable bonds is 20. The van der Waals surface area contributed by atoms with Crippen molar-refractivity contribution in [2.24, 2.45) is 0 Å². The summed E-state index contributed by atoms with van der Waals surface area (Å²) in [6.07, 6.45) is 0. The van der Waals surface area contributed by atoms with E-state index < -0.39 is 40.5 Å². The van der Waals surface area contributed by atoms with E-state index >= 15 is 0 Å². The molecule has 0 saturated carbocycles. The van der Waals surface area contributed by atoms with Crippen molar-refractivity contribution in [3.8, 4) is 44.5 Å². The van der Waals surface area contributed by atoms with E-state index in [0.717, 1.165) is 96.9 Å². The third-order valence-corrected chi connectivity index (χ3v) is 18.8. The maximum atomic E-state index is 11.6. The average Bonchev–Trinajstić information content (AvgIpc) is 0.798. The fourth-order valence-electron chi connectivity index (χ4n) is 8.04. The van der Waals surface area contributed by atoms with Gasteiger partial charge in [0, 0.05) is 30.7 Å². The zero-order chi connectivity index (χ0) is 81.3. The highest BCUT2D eigenvalue weighted by Gasteiger charge is 2.23. The lowest BCUT2D eigenvalue weighted by molar-refractivity contribution is -0.432. The van der Waals surface area contributed by atoms with Gasteiger partial charge in [0.05, 0.1) is 58.0 Å². The lowest BCUT2D eigenvalue weighted by Gasteiger charge is -2.12. The first-order valence-corrected chi connectivity index (χ1v) is 41.4. The maximum absolute atomic E-state index is 11.6. The number of aryl methyl sites for hydroxylation is 8. The van der Waals surface area contributed by atoms with Crippen molar-refractivity contribution >= 4 is 88.6 Å². The van der Waals surface area contributed by atoms with Crippen LogP contribution in [0.3, 0.4) is 0 Å². The molecule has 0 fully saturated rings. The Morgan fingerprint density at radius 2 is 0.481 bits per heavy atom. The zero-order valence-electron chi connectivity index (χ0n) is 63.2. The highest BCUT2D eigenvalue weighted by atomic mass is 32.2. The van der Waals surface area contributed by atoms with Gasteiger partial charge in [0.2, 0.25) is 0 Å². The van der Waals surface area contributed by atoms with Crippen molar-refractivity contribution in [3.05, 3.63) is 190 Å². The maximum Gasteiger partial charge on any atom is 0.295 e. The molecule has 32 heteroatoms. The molecule has 0 bridgehead atoms. The van der Waals surface area contributed by atoms with Gasteiger partial charge in [0.25, 0.3) is 40.5 Å². The molecule has 0 radical (unpaired) electrons. The first-order valence-electron chi connectivity index (χ1n) is 32.7. The lowest BCUT2D eigenvalue weighted by atomic mass is 10.0. The second-order valence-electron chi connectivity index (χ2n) is 18.7. The van der Waals surface area contributed by atoms with Crippen LogP contribution in [0.25, 0.3) is 44.5 Å². The van der Waals surface area contributed by atoms with E-state index in [-0.39, 0.29) is 30.7 Å². The van der Waals surface area contributed by atoms with Crippen LogP contribution in [-0.2, 0) is 78.0 Å². The van der Waals surface area contributed by atoms with E-state index in [0.29, 0.717) is 48.7 Å². The normalized spacial score (nSPS) is 10.3. The molecule has 8 aromatic rings. The Morgan fingerprint density at radius 3 is 0.827 bits per heavy atom. The summed E-state index contributed by atoms with van der Waals surface area (Å²) in [7, 11) is -17.6. The van der Waals surface area contributed by atoms with Crippen molar-refractivity contribution in [2.45, 2.75) is 205 Å². The van der Waals surface area contributed by atoms with Crippen molar-refractivity contribution in [1.29, 1.82) is 0 Å². The van der Waals surface area contributed by atoms with E-state index in [1.807, 2.05) is 187 Å². The summed E-state index contributed by atoms with van der Waals surface area (Å²) in [6.45, 7) is 46.1.